The predicted octanol–water partition coefficient (Wildman–Crippen LogP) is 0.969. The first-order valence-electron chi connectivity index (χ1n) is 20.4. The van der Waals surface area contributed by atoms with Crippen LogP contribution in [0.5, 0.6) is 0 Å². The van der Waals surface area contributed by atoms with Crippen LogP contribution in [-0.4, -0.2) is 147 Å². The van der Waals surface area contributed by atoms with Gasteiger partial charge in [-0.25, -0.2) is 0 Å². The highest BCUT2D eigenvalue weighted by Gasteiger charge is 2.69. The van der Waals surface area contributed by atoms with Crippen LogP contribution in [0.25, 0.3) is 0 Å². The second kappa shape index (κ2) is 15.4. The van der Waals surface area contributed by atoms with E-state index in [4.69, 9.17) is 28.4 Å². The average molecular weight is 771 g/mol. The van der Waals surface area contributed by atoms with Gasteiger partial charge in [-0.1, -0.05) is 39.3 Å². The summed E-state index contributed by atoms with van der Waals surface area (Å²) in [5.74, 6) is 0.750. The summed E-state index contributed by atoms with van der Waals surface area (Å²) in [6, 6.07) is 0. The number of methoxy groups -OCH3 is 1. The van der Waals surface area contributed by atoms with Crippen molar-refractivity contribution in [3.8, 4) is 0 Å². The fourth-order valence-corrected chi connectivity index (χ4v) is 12.5. The smallest absolute Gasteiger partial charge is 0.186 e. The van der Waals surface area contributed by atoms with Crippen molar-refractivity contribution in [1.29, 1.82) is 0 Å². The van der Waals surface area contributed by atoms with Crippen molar-refractivity contribution in [2.45, 2.75) is 171 Å². The van der Waals surface area contributed by atoms with Gasteiger partial charge in [-0.3, -0.25) is 0 Å². The minimum Gasteiger partial charge on any atom is -0.394 e. The number of ether oxygens (including phenoxy) is 6. The van der Waals surface area contributed by atoms with Gasteiger partial charge in [0.25, 0.3) is 0 Å². The van der Waals surface area contributed by atoms with Crippen LogP contribution in [-0.2, 0) is 28.4 Å². The zero-order valence-electron chi connectivity index (χ0n) is 32.6. The molecule has 3 heterocycles. The first kappa shape index (κ1) is 41.3. The Morgan fingerprint density at radius 2 is 1.59 bits per heavy atom. The van der Waals surface area contributed by atoms with Crippen LogP contribution in [0.3, 0.4) is 0 Å². The molecular weight excluding hydrogens is 704 g/mol. The largest absolute Gasteiger partial charge is 0.394 e. The fourth-order valence-electron chi connectivity index (χ4n) is 12.5. The molecule has 0 aromatic carbocycles. The van der Waals surface area contributed by atoms with Crippen LogP contribution in [0.2, 0.25) is 0 Å². The first-order valence-corrected chi connectivity index (χ1v) is 20.4. The summed E-state index contributed by atoms with van der Waals surface area (Å²) in [6.07, 6.45) is -4.88. The lowest BCUT2D eigenvalue weighted by Gasteiger charge is -2.60. The van der Waals surface area contributed by atoms with E-state index in [1.165, 1.54) is 5.57 Å². The molecule has 14 nitrogen and oxygen atoms in total. The van der Waals surface area contributed by atoms with E-state index in [1.807, 2.05) is 6.92 Å². The van der Waals surface area contributed by atoms with Crippen molar-refractivity contribution in [3.63, 3.8) is 0 Å². The topological polar surface area (TPSA) is 217 Å². The maximum Gasteiger partial charge on any atom is 0.186 e. The van der Waals surface area contributed by atoms with Gasteiger partial charge in [0.15, 0.2) is 18.4 Å². The Morgan fingerprint density at radius 3 is 2.30 bits per heavy atom. The van der Waals surface area contributed by atoms with Crippen molar-refractivity contribution in [1.82, 2.24) is 0 Å². The van der Waals surface area contributed by atoms with Crippen LogP contribution >= 0.6 is 0 Å². The molecule has 0 amide bonds. The maximum atomic E-state index is 11.0. The Bertz CT molecular complexity index is 1350. The quantitative estimate of drug-likeness (QED) is 0.145. The van der Waals surface area contributed by atoms with Gasteiger partial charge in [0.2, 0.25) is 0 Å². The van der Waals surface area contributed by atoms with E-state index < -0.39 is 91.4 Å². The number of fused-ring (bicyclic) bond motifs is 7. The molecule has 0 spiro atoms. The molecule has 8 N–H and O–H groups in total. The minimum atomic E-state index is -1.49. The summed E-state index contributed by atoms with van der Waals surface area (Å²) in [5.41, 5.74) is 0.819. The number of hydrogen-bond donors (Lipinski definition) is 8. The Morgan fingerprint density at radius 1 is 0.889 bits per heavy atom. The molecule has 3 saturated carbocycles. The summed E-state index contributed by atoms with van der Waals surface area (Å²) in [6.45, 7) is 10.4. The second-order valence-electron chi connectivity index (χ2n) is 18.5. The van der Waals surface area contributed by atoms with Gasteiger partial charge in [-0.05, 0) is 80.5 Å². The second-order valence-corrected chi connectivity index (χ2v) is 18.5. The molecule has 3 aliphatic heterocycles. The van der Waals surface area contributed by atoms with Crippen LogP contribution in [0, 0.1) is 46.3 Å². The van der Waals surface area contributed by atoms with Crippen molar-refractivity contribution in [3.05, 3.63) is 11.6 Å². The average Bonchev–Trinajstić information content (AvgIpc) is 3.60. The van der Waals surface area contributed by atoms with E-state index in [2.05, 4.69) is 26.8 Å². The highest BCUT2D eigenvalue weighted by molar-refractivity contribution is 5.28. The Hall–Kier alpha value is -0.820. The molecule has 0 bridgehead atoms. The Labute approximate surface area is 318 Å². The summed E-state index contributed by atoms with van der Waals surface area (Å²) in [4.78, 5) is 0. The Kier molecular flexibility index (Phi) is 11.8. The van der Waals surface area contributed by atoms with Crippen LogP contribution < -0.4 is 0 Å². The number of aliphatic hydroxyl groups excluding tert-OH is 8. The third-order valence-electron chi connectivity index (χ3n) is 15.6. The standard InChI is InChI=1S/C40H66O14/c1-18(17-50-36-34(47)33(46)31(44)27(16-41)52-36)9-12-40(49-6)19(2)29-26(54-40)15-25-23-8-7-21-13-22(42)14-28(39(21,5)24(23)10-11-38(25,29)4)53-37-35(48)32(45)30(43)20(3)51-37/h7,18-20,22-37,41-48H,8-17H2,1-6H3. The molecule has 14 heteroatoms. The predicted molar refractivity (Wildman–Crippen MR) is 191 cm³/mol. The molecule has 22 atom stereocenters. The first-order chi connectivity index (χ1) is 25.5. The zero-order valence-corrected chi connectivity index (χ0v) is 32.6. The lowest BCUT2D eigenvalue weighted by molar-refractivity contribution is -0.318. The molecule has 6 fully saturated rings. The molecule has 310 valence electrons. The van der Waals surface area contributed by atoms with Crippen molar-refractivity contribution in [2.24, 2.45) is 46.3 Å². The molecule has 0 aromatic heterocycles. The van der Waals surface area contributed by atoms with Crippen molar-refractivity contribution in [2.75, 3.05) is 20.3 Å². The molecule has 7 rings (SSSR count). The monoisotopic (exact) mass is 770 g/mol. The summed E-state index contributed by atoms with van der Waals surface area (Å²) < 4.78 is 37.1. The number of aliphatic hydroxyl groups is 8. The SMILES string of the molecule is COC1(CCC(C)COC2OC(CO)C(O)C(O)C2O)OC2CC3C4CC=C5CC(O)CC(OC6OC(C)C(O)C(O)C6O)C5(C)C4CCC3(C)C2C1C. The van der Waals surface area contributed by atoms with Gasteiger partial charge in [0.05, 0.1) is 37.6 Å². The summed E-state index contributed by atoms with van der Waals surface area (Å²) in [7, 11) is 1.72. The van der Waals surface area contributed by atoms with Gasteiger partial charge in [-0.2, -0.15) is 0 Å². The number of hydrogen-bond acceptors (Lipinski definition) is 14. The summed E-state index contributed by atoms with van der Waals surface area (Å²) >= 11 is 0. The van der Waals surface area contributed by atoms with Crippen molar-refractivity contribution >= 4 is 0 Å². The maximum absolute atomic E-state index is 11.0. The molecule has 0 aromatic rings. The molecular formula is C40H66O14. The van der Waals surface area contributed by atoms with E-state index >= 15 is 0 Å². The van der Waals surface area contributed by atoms with Crippen LogP contribution in [0.15, 0.2) is 11.6 Å². The highest BCUT2D eigenvalue weighted by Crippen LogP contribution is 2.70. The van der Waals surface area contributed by atoms with Crippen LogP contribution in [0.1, 0.15) is 86.0 Å². The normalized spacial score (nSPS) is 55.0. The lowest BCUT2D eigenvalue weighted by atomic mass is 9.46. The molecule has 3 saturated heterocycles. The van der Waals surface area contributed by atoms with Crippen LogP contribution in [0.4, 0.5) is 0 Å². The van der Waals surface area contributed by atoms with Gasteiger partial charge >= 0.3 is 0 Å². The van der Waals surface area contributed by atoms with Gasteiger partial charge in [0, 0.05) is 31.3 Å². The molecule has 7 aliphatic rings. The van der Waals surface area contributed by atoms with Crippen molar-refractivity contribution < 1.29 is 69.3 Å². The van der Waals surface area contributed by atoms with E-state index in [9.17, 15) is 40.9 Å². The fraction of sp³-hybridized carbons (Fsp3) is 0.950. The number of rotatable bonds is 10. The summed E-state index contributed by atoms with van der Waals surface area (Å²) in [5, 5.41) is 82.8. The van der Waals surface area contributed by atoms with Gasteiger partial charge in [-0.15, -0.1) is 0 Å². The zero-order chi connectivity index (χ0) is 39.1. The highest BCUT2D eigenvalue weighted by atomic mass is 16.7. The lowest BCUT2D eigenvalue weighted by Crippen LogP contribution is -2.61. The number of allylic oxidation sites excluding steroid dienone is 1. The van der Waals surface area contributed by atoms with E-state index in [-0.39, 0.29) is 35.9 Å². The van der Waals surface area contributed by atoms with Gasteiger partial charge in [0.1, 0.15) is 42.7 Å². The third kappa shape index (κ3) is 6.65. The Balaban J connectivity index is 1.02. The van der Waals surface area contributed by atoms with E-state index in [1.54, 1.807) is 14.0 Å². The molecule has 22 unspecified atom stereocenters. The van der Waals surface area contributed by atoms with Gasteiger partial charge < -0.3 is 69.3 Å². The minimum absolute atomic E-state index is 0.0218. The third-order valence-corrected chi connectivity index (χ3v) is 15.6. The molecule has 4 aliphatic carbocycles. The van der Waals surface area contributed by atoms with E-state index in [0.29, 0.717) is 43.4 Å². The molecule has 0 radical (unpaired) electrons. The molecule has 54 heavy (non-hydrogen) atoms. The van der Waals surface area contributed by atoms with E-state index in [0.717, 1.165) is 25.7 Å².